The van der Waals surface area contributed by atoms with Gasteiger partial charge in [0.25, 0.3) is 11.8 Å². The number of carbonyl (C=O) groups is 2. The normalized spacial score (nSPS) is 10.3. The lowest BCUT2D eigenvalue weighted by molar-refractivity contribution is -0.123. The zero-order chi connectivity index (χ0) is 19.4. The first-order valence-electron chi connectivity index (χ1n) is 6.83. The molecule has 5 N–H and O–H groups in total. The van der Waals surface area contributed by atoms with Gasteiger partial charge < -0.3 is 15.2 Å². The molecule has 2 aromatic carbocycles. The van der Waals surface area contributed by atoms with Crippen molar-refractivity contribution in [2.45, 2.75) is 0 Å². The van der Waals surface area contributed by atoms with E-state index in [-0.39, 0.29) is 37.1 Å². The lowest BCUT2D eigenvalue weighted by Crippen LogP contribution is -2.34. The first kappa shape index (κ1) is 20.4. The van der Waals surface area contributed by atoms with Gasteiger partial charge in [0, 0.05) is 10.0 Å². The molecule has 0 saturated heterocycles. The van der Waals surface area contributed by atoms with E-state index < -0.39 is 24.2 Å². The summed E-state index contributed by atoms with van der Waals surface area (Å²) in [5.41, 5.74) is 1.78. The summed E-state index contributed by atoms with van der Waals surface area (Å²) in [7, 11) is 0. The van der Waals surface area contributed by atoms with Gasteiger partial charge in [0.2, 0.25) is 0 Å². The lowest BCUT2D eigenvalue weighted by Gasteiger charge is -2.15. The van der Waals surface area contributed by atoms with Crippen LogP contribution in [0.3, 0.4) is 0 Å². The van der Waals surface area contributed by atoms with Crippen LogP contribution in [0.5, 0.6) is 11.5 Å². The first-order chi connectivity index (χ1) is 12.2. The van der Waals surface area contributed by atoms with E-state index in [1.54, 1.807) is 0 Å². The van der Waals surface area contributed by atoms with Crippen LogP contribution in [0.25, 0.3) is 0 Å². The van der Waals surface area contributed by atoms with E-state index in [9.17, 15) is 14.7 Å². The van der Waals surface area contributed by atoms with Crippen LogP contribution in [0.4, 0.5) is 5.69 Å². The number of aromatic hydroxyl groups is 1. The molecule has 0 heterocycles. The maximum absolute atomic E-state index is 12.5. The average molecular weight is 439 g/mol. The second-order valence-corrected chi connectivity index (χ2v) is 6.55. The van der Waals surface area contributed by atoms with Gasteiger partial charge in [-0.3, -0.25) is 15.0 Å². The summed E-state index contributed by atoms with van der Waals surface area (Å²) in [5.74, 6) is 3.15. The Hall–Kier alpha value is -1.90. The van der Waals surface area contributed by atoms with Crippen molar-refractivity contribution in [2.75, 3.05) is 11.9 Å². The molecule has 11 heteroatoms. The van der Waals surface area contributed by atoms with Crippen LogP contribution in [0.2, 0.25) is 20.1 Å². The van der Waals surface area contributed by atoms with E-state index >= 15 is 0 Å². The molecular formula is C15H11Cl4N3O4. The molecule has 26 heavy (non-hydrogen) atoms. The Balaban J connectivity index is 2.36. The highest BCUT2D eigenvalue weighted by Gasteiger charge is 2.19. The molecule has 0 bridgehead atoms. The van der Waals surface area contributed by atoms with Crippen LogP contribution in [0, 0.1) is 0 Å². The molecule has 0 radical (unpaired) electrons. The number of hydrazine groups is 1. The van der Waals surface area contributed by atoms with Gasteiger partial charge in [-0.25, -0.2) is 5.84 Å². The largest absolute Gasteiger partial charge is 0.506 e. The molecule has 138 valence electrons. The van der Waals surface area contributed by atoms with Gasteiger partial charge in [-0.15, -0.1) is 0 Å². The minimum atomic E-state index is -0.752. The van der Waals surface area contributed by atoms with Crippen molar-refractivity contribution in [3.05, 3.63) is 49.9 Å². The molecule has 0 aliphatic heterocycles. The Morgan fingerprint density at radius 1 is 1.04 bits per heavy atom. The van der Waals surface area contributed by atoms with Gasteiger partial charge in [-0.05, 0) is 24.3 Å². The topological polar surface area (TPSA) is 114 Å². The third-order valence-corrected chi connectivity index (χ3v) is 4.04. The maximum Gasteiger partial charge on any atom is 0.271 e. The molecule has 0 aromatic heterocycles. The minimum Gasteiger partial charge on any atom is -0.506 e. The van der Waals surface area contributed by atoms with Crippen molar-refractivity contribution in [3.8, 4) is 11.5 Å². The Morgan fingerprint density at radius 2 is 1.65 bits per heavy atom. The third kappa shape index (κ3) is 4.84. The standard InChI is InChI=1S/C15H11Cl4N3O4/c16-6-1-8(13(24)9(18)2-6)15(25)21-11-4-7(17)3-10(19)14(11)26-5-12(23)22-20/h1-4,24H,5,20H2,(H,21,25)(H,22,23). The predicted molar refractivity (Wildman–Crippen MR) is 100 cm³/mol. The smallest absolute Gasteiger partial charge is 0.271 e. The van der Waals surface area contributed by atoms with Crippen LogP contribution < -0.4 is 21.3 Å². The van der Waals surface area contributed by atoms with E-state index in [0.29, 0.717) is 0 Å². The van der Waals surface area contributed by atoms with Crippen LogP contribution in [0.15, 0.2) is 24.3 Å². The quantitative estimate of drug-likeness (QED) is 0.323. The fraction of sp³-hybridized carbons (Fsp3) is 0.0667. The highest BCUT2D eigenvalue weighted by atomic mass is 35.5. The van der Waals surface area contributed by atoms with Gasteiger partial charge in [0.05, 0.1) is 21.3 Å². The fourth-order valence-electron chi connectivity index (χ4n) is 1.91. The number of phenolic OH excluding ortho intramolecular Hbond substituents is 1. The number of phenols is 1. The Labute approximate surface area is 167 Å². The van der Waals surface area contributed by atoms with Gasteiger partial charge in [0.15, 0.2) is 12.4 Å². The monoisotopic (exact) mass is 437 g/mol. The van der Waals surface area contributed by atoms with Crippen LogP contribution in [0.1, 0.15) is 10.4 Å². The van der Waals surface area contributed by atoms with Gasteiger partial charge in [-0.1, -0.05) is 46.4 Å². The predicted octanol–water partition coefficient (Wildman–Crippen LogP) is 3.63. The maximum atomic E-state index is 12.5. The number of amides is 2. The van der Waals surface area contributed by atoms with Crippen molar-refractivity contribution in [1.29, 1.82) is 0 Å². The molecule has 0 aliphatic carbocycles. The lowest BCUT2D eigenvalue weighted by atomic mass is 10.1. The van der Waals surface area contributed by atoms with Crippen molar-refractivity contribution in [3.63, 3.8) is 0 Å². The molecule has 2 amide bonds. The number of nitrogens with one attached hydrogen (secondary N) is 2. The summed E-state index contributed by atoms with van der Waals surface area (Å²) in [6.45, 7) is -0.449. The first-order valence-corrected chi connectivity index (χ1v) is 8.34. The number of hydrogen-bond acceptors (Lipinski definition) is 5. The van der Waals surface area contributed by atoms with E-state index in [2.05, 4.69) is 5.32 Å². The van der Waals surface area contributed by atoms with E-state index in [1.165, 1.54) is 24.3 Å². The number of nitrogens with two attached hydrogens (primary N) is 1. The second-order valence-electron chi connectivity index (χ2n) is 4.86. The van der Waals surface area contributed by atoms with Crippen LogP contribution >= 0.6 is 46.4 Å². The summed E-state index contributed by atoms with van der Waals surface area (Å²) in [6, 6.07) is 5.23. The summed E-state index contributed by atoms with van der Waals surface area (Å²) >= 11 is 23.7. The second kappa shape index (κ2) is 8.66. The van der Waals surface area contributed by atoms with E-state index in [1.807, 2.05) is 5.43 Å². The number of rotatable bonds is 5. The van der Waals surface area contributed by atoms with Crippen LogP contribution in [-0.2, 0) is 4.79 Å². The third-order valence-electron chi connectivity index (χ3n) is 3.04. The summed E-state index contributed by atoms with van der Waals surface area (Å²) in [6.07, 6.45) is 0. The minimum absolute atomic E-state index is 0.0133. The average Bonchev–Trinajstić information content (AvgIpc) is 2.56. The van der Waals surface area contributed by atoms with E-state index in [0.717, 1.165) is 0 Å². The highest BCUT2D eigenvalue weighted by Crippen LogP contribution is 2.38. The Morgan fingerprint density at radius 3 is 2.31 bits per heavy atom. The number of benzene rings is 2. The summed E-state index contributed by atoms with van der Waals surface area (Å²) < 4.78 is 5.28. The number of carbonyl (C=O) groups excluding carboxylic acids is 2. The number of hydrogen-bond donors (Lipinski definition) is 4. The SMILES string of the molecule is NNC(=O)COc1c(Cl)cc(Cl)cc1NC(=O)c1cc(Cl)cc(Cl)c1O. The molecule has 2 rings (SSSR count). The Bertz CT molecular complexity index is 876. The molecule has 0 aliphatic rings. The van der Waals surface area contributed by atoms with Gasteiger partial charge in [0.1, 0.15) is 5.75 Å². The molecule has 0 fully saturated rings. The van der Waals surface area contributed by atoms with Crippen molar-refractivity contribution in [1.82, 2.24) is 5.43 Å². The fourth-order valence-corrected chi connectivity index (χ4v) is 2.95. The molecule has 0 atom stereocenters. The molecular weight excluding hydrogens is 428 g/mol. The van der Waals surface area contributed by atoms with Gasteiger partial charge in [-0.2, -0.15) is 0 Å². The molecule has 0 saturated carbocycles. The molecule has 0 spiro atoms. The van der Waals surface area contributed by atoms with Crippen molar-refractivity contribution < 1.29 is 19.4 Å². The van der Waals surface area contributed by atoms with Gasteiger partial charge >= 0.3 is 0 Å². The van der Waals surface area contributed by atoms with Crippen LogP contribution in [-0.4, -0.2) is 23.5 Å². The summed E-state index contributed by atoms with van der Waals surface area (Å²) in [4.78, 5) is 23.7. The highest BCUT2D eigenvalue weighted by molar-refractivity contribution is 6.37. The number of anilines is 1. The Kier molecular flexibility index (Phi) is 6.80. The summed E-state index contributed by atoms with van der Waals surface area (Å²) in [5, 5.41) is 12.7. The zero-order valence-electron chi connectivity index (χ0n) is 12.8. The van der Waals surface area contributed by atoms with E-state index in [4.69, 9.17) is 57.0 Å². The molecule has 2 aromatic rings. The number of ether oxygens (including phenoxy) is 1. The zero-order valence-corrected chi connectivity index (χ0v) is 15.8. The van der Waals surface area contributed by atoms with Crippen molar-refractivity contribution >= 4 is 63.9 Å². The molecule has 0 unspecified atom stereocenters. The number of halogens is 4. The van der Waals surface area contributed by atoms with Crippen molar-refractivity contribution in [2.24, 2.45) is 5.84 Å². The molecule has 7 nitrogen and oxygen atoms in total.